The summed E-state index contributed by atoms with van der Waals surface area (Å²) in [5.74, 6) is 0.541. The van der Waals surface area contributed by atoms with Crippen LogP contribution in [0.2, 0.25) is 0 Å². The van der Waals surface area contributed by atoms with Crippen molar-refractivity contribution in [3.05, 3.63) is 24.0 Å². The number of likely N-dealkylation sites (N-methyl/N-ethyl adjacent to an activating group) is 1. The van der Waals surface area contributed by atoms with Crippen molar-refractivity contribution < 1.29 is 14.6 Å². The molecule has 1 aromatic heterocycles. The number of aromatic nitrogens is 1. The zero-order valence-corrected chi connectivity index (χ0v) is 11.1. The zero-order chi connectivity index (χ0) is 13.7. The van der Waals surface area contributed by atoms with Crippen LogP contribution in [0, 0.1) is 0 Å². The van der Waals surface area contributed by atoms with Gasteiger partial charge in [0.2, 0.25) is 0 Å². The van der Waals surface area contributed by atoms with E-state index in [0.29, 0.717) is 11.4 Å². The van der Waals surface area contributed by atoms with E-state index in [1.54, 1.807) is 12.1 Å². The number of aliphatic hydroxyl groups excluding tert-OH is 1. The minimum absolute atomic E-state index is 0.000616. The largest absolute Gasteiger partial charge is 0.482 e. The molecule has 104 valence electrons. The van der Waals surface area contributed by atoms with E-state index in [1.807, 2.05) is 11.9 Å². The maximum absolute atomic E-state index is 11.9. The fraction of sp³-hybridized carbons (Fsp3) is 0.538. The lowest BCUT2D eigenvalue weighted by Crippen LogP contribution is -2.48. The van der Waals surface area contributed by atoms with E-state index >= 15 is 0 Å². The van der Waals surface area contributed by atoms with E-state index in [4.69, 9.17) is 9.84 Å². The highest BCUT2D eigenvalue weighted by molar-refractivity contribution is 5.77. The topological polar surface area (TPSA) is 65.9 Å². The molecule has 1 aromatic rings. The van der Waals surface area contributed by atoms with Crippen LogP contribution in [0.1, 0.15) is 5.69 Å². The van der Waals surface area contributed by atoms with Crippen LogP contribution in [-0.2, 0) is 11.4 Å². The van der Waals surface area contributed by atoms with Crippen molar-refractivity contribution in [1.29, 1.82) is 0 Å². The summed E-state index contributed by atoms with van der Waals surface area (Å²) < 4.78 is 5.40. The summed E-state index contributed by atoms with van der Waals surface area (Å²) in [7, 11) is 2.05. The maximum Gasteiger partial charge on any atom is 0.260 e. The Labute approximate surface area is 112 Å². The number of pyridine rings is 1. The molecule has 0 spiro atoms. The van der Waals surface area contributed by atoms with Gasteiger partial charge in [0, 0.05) is 26.2 Å². The molecule has 6 nitrogen and oxygen atoms in total. The highest BCUT2D eigenvalue weighted by Crippen LogP contribution is 2.09. The third-order valence-corrected chi connectivity index (χ3v) is 3.18. The summed E-state index contributed by atoms with van der Waals surface area (Å²) in [4.78, 5) is 19.9. The zero-order valence-electron chi connectivity index (χ0n) is 11.1. The fourth-order valence-corrected chi connectivity index (χ4v) is 1.88. The van der Waals surface area contributed by atoms with Crippen LogP contribution in [-0.4, -0.2) is 65.6 Å². The SMILES string of the molecule is CN1CCN(C(=O)COc2ccc(CO)nc2)CC1. The van der Waals surface area contributed by atoms with Gasteiger partial charge in [0.1, 0.15) is 5.75 Å². The third kappa shape index (κ3) is 3.90. The number of piperazine rings is 1. The van der Waals surface area contributed by atoms with Crippen LogP contribution in [0.25, 0.3) is 0 Å². The highest BCUT2D eigenvalue weighted by Gasteiger charge is 2.19. The van der Waals surface area contributed by atoms with Gasteiger partial charge in [0.05, 0.1) is 18.5 Å². The second-order valence-corrected chi connectivity index (χ2v) is 4.62. The van der Waals surface area contributed by atoms with E-state index in [9.17, 15) is 4.79 Å². The molecule has 2 heterocycles. The van der Waals surface area contributed by atoms with Crippen molar-refractivity contribution in [1.82, 2.24) is 14.8 Å². The smallest absolute Gasteiger partial charge is 0.260 e. The highest BCUT2D eigenvalue weighted by atomic mass is 16.5. The Kier molecular flexibility index (Phi) is 4.70. The van der Waals surface area contributed by atoms with Gasteiger partial charge in [-0.15, -0.1) is 0 Å². The van der Waals surface area contributed by atoms with Gasteiger partial charge in [-0.1, -0.05) is 0 Å². The molecule has 19 heavy (non-hydrogen) atoms. The Balaban J connectivity index is 1.79. The van der Waals surface area contributed by atoms with Gasteiger partial charge in [0.25, 0.3) is 5.91 Å². The van der Waals surface area contributed by atoms with Crippen molar-refractivity contribution in [2.75, 3.05) is 39.8 Å². The summed E-state index contributed by atoms with van der Waals surface area (Å²) in [6.45, 7) is 3.24. The van der Waals surface area contributed by atoms with Gasteiger partial charge < -0.3 is 19.6 Å². The molecule has 0 atom stereocenters. The Hall–Kier alpha value is -1.66. The van der Waals surface area contributed by atoms with E-state index in [2.05, 4.69) is 9.88 Å². The Morgan fingerprint density at radius 1 is 1.37 bits per heavy atom. The van der Waals surface area contributed by atoms with E-state index in [0.717, 1.165) is 26.2 Å². The number of amides is 1. The van der Waals surface area contributed by atoms with Crippen LogP contribution in [0.15, 0.2) is 18.3 Å². The third-order valence-electron chi connectivity index (χ3n) is 3.18. The molecule has 1 aliphatic heterocycles. The number of aliphatic hydroxyl groups is 1. The fourth-order valence-electron chi connectivity index (χ4n) is 1.88. The van der Waals surface area contributed by atoms with Gasteiger partial charge in [-0.25, -0.2) is 0 Å². The number of ether oxygens (including phenoxy) is 1. The van der Waals surface area contributed by atoms with Crippen LogP contribution in [0.4, 0.5) is 0 Å². The molecule has 2 rings (SSSR count). The normalized spacial score (nSPS) is 16.4. The van der Waals surface area contributed by atoms with Crippen molar-refractivity contribution in [2.45, 2.75) is 6.61 Å². The molecule has 1 N–H and O–H groups in total. The first kappa shape index (κ1) is 13.8. The first-order valence-corrected chi connectivity index (χ1v) is 6.34. The first-order chi connectivity index (χ1) is 9.19. The predicted molar refractivity (Wildman–Crippen MR) is 69.7 cm³/mol. The van der Waals surface area contributed by atoms with Gasteiger partial charge >= 0.3 is 0 Å². The summed E-state index contributed by atoms with van der Waals surface area (Å²) in [6.07, 6.45) is 1.52. The monoisotopic (exact) mass is 265 g/mol. The van der Waals surface area contributed by atoms with Crippen molar-refractivity contribution in [3.8, 4) is 5.75 Å². The van der Waals surface area contributed by atoms with Crippen molar-refractivity contribution in [3.63, 3.8) is 0 Å². The van der Waals surface area contributed by atoms with Crippen molar-refractivity contribution in [2.24, 2.45) is 0 Å². The maximum atomic E-state index is 11.9. The second-order valence-electron chi connectivity index (χ2n) is 4.62. The van der Waals surface area contributed by atoms with E-state index in [1.165, 1.54) is 6.20 Å². The molecule has 0 unspecified atom stereocenters. The molecule has 1 fully saturated rings. The average Bonchev–Trinajstić information content (AvgIpc) is 2.46. The Morgan fingerprint density at radius 3 is 2.68 bits per heavy atom. The quantitative estimate of drug-likeness (QED) is 0.811. The lowest BCUT2D eigenvalue weighted by atomic mass is 10.3. The van der Waals surface area contributed by atoms with Gasteiger partial charge in [-0.2, -0.15) is 0 Å². The summed E-state index contributed by atoms with van der Waals surface area (Å²) in [5.41, 5.74) is 0.581. The molecular weight excluding hydrogens is 246 g/mol. The Morgan fingerprint density at radius 2 is 2.11 bits per heavy atom. The number of hydrogen-bond donors (Lipinski definition) is 1. The number of nitrogens with zero attached hydrogens (tertiary/aromatic N) is 3. The van der Waals surface area contributed by atoms with Crippen LogP contribution in [0.3, 0.4) is 0 Å². The van der Waals surface area contributed by atoms with Crippen LogP contribution in [0.5, 0.6) is 5.75 Å². The molecule has 0 radical (unpaired) electrons. The summed E-state index contributed by atoms with van der Waals surface area (Å²) >= 11 is 0. The minimum atomic E-state index is -0.0967. The van der Waals surface area contributed by atoms with Crippen LogP contribution >= 0.6 is 0 Å². The van der Waals surface area contributed by atoms with Gasteiger partial charge in [0.15, 0.2) is 6.61 Å². The van der Waals surface area contributed by atoms with Crippen LogP contribution < -0.4 is 4.74 Å². The number of carbonyl (C=O) groups excluding carboxylic acids is 1. The average molecular weight is 265 g/mol. The number of rotatable bonds is 4. The molecule has 1 saturated heterocycles. The van der Waals surface area contributed by atoms with E-state index in [-0.39, 0.29) is 19.1 Å². The van der Waals surface area contributed by atoms with Gasteiger partial charge in [-0.05, 0) is 19.2 Å². The summed E-state index contributed by atoms with van der Waals surface area (Å²) in [5, 5.41) is 8.87. The standard InChI is InChI=1S/C13H19N3O3/c1-15-4-6-16(7-5-15)13(18)10-19-12-3-2-11(9-17)14-8-12/h2-3,8,17H,4-7,9-10H2,1H3. The van der Waals surface area contributed by atoms with Crippen molar-refractivity contribution >= 4 is 5.91 Å². The lowest BCUT2D eigenvalue weighted by molar-refractivity contribution is -0.134. The second kappa shape index (κ2) is 6.49. The lowest BCUT2D eigenvalue weighted by Gasteiger charge is -2.32. The van der Waals surface area contributed by atoms with E-state index < -0.39 is 0 Å². The minimum Gasteiger partial charge on any atom is -0.482 e. The molecule has 0 saturated carbocycles. The molecule has 0 bridgehead atoms. The molecule has 1 amide bonds. The molecular formula is C13H19N3O3. The first-order valence-electron chi connectivity index (χ1n) is 6.34. The van der Waals surface area contributed by atoms with Gasteiger partial charge in [-0.3, -0.25) is 9.78 Å². The molecule has 6 heteroatoms. The molecule has 1 aliphatic rings. The Bertz CT molecular complexity index is 414. The number of hydrogen-bond acceptors (Lipinski definition) is 5. The predicted octanol–water partition coefficient (Wildman–Crippen LogP) is -0.273. The number of carbonyl (C=O) groups is 1. The summed E-state index contributed by atoms with van der Waals surface area (Å²) in [6, 6.07) is 3.38. The molecule has 0 aromatic carbocycles. The molecule has 0 aliphatic carbocycles.